The molecule has 0 bridgehead atoms. The third-order valence-corrected chi connectivity index (χ3v) is 4.23. The van der Waals surface area contributed by atoms with Crippen LogP contribution < -0.4 is 0 Å². The third-order valence-electron chi connectivity index (χ3n) is 4.23. The van der Waals surface area contributed by atoms with E-state index in [1.807, 2.05) is 4.90 Å². The Hall–Kier alpha value is -1.85. The van der Waals surface area contributed by atoms with Crippen molar-refractivity contribution in [3.8, 4) is 0 Å². The lowest BCUT2D eigenvalue weighted by atomic mass is 10.1. The van der Waals surface area contributed by atoms with E-state index in [-0.39, 0.29) is 17.5 Å². The van der Waals surface area contributed by atoms with Gasteiger partial charge in [-0.1, -0.05) is 12.8 Å². The van der Waals surface area contributed by atoms with Crippen molar-refractivity contribution in [1.82, 2.24) is 9.88 Å². The van der Waals surface area contributed by atoms with Crippen LogP contribution in [0.1, 0.15) is 54.9 Å². The van der Waals surface area contributed by atoms with E-state index in [1.54, 1.807) is 0 Å². The number of methoxy groups -OCH3 is 1. The Labute approximate surface area is 123 Å². The average Bonchev–Trinajstić information content (AvgIpc) is 3.02. The molecule has 0 unspecified atom stereocenters. The summed E-state index contributed by atoms with van der Waals surface area (Å²) in [6, 6.07) is 0.312. The lowest BCUT2D eigenvalue weighted by Gasteiger charge is -2.24. The average molecular weight is 292 g/mol. The van der Waals surface area contributed by atoms with E-state index in [0.29, 0.717) is 18.5 Å². The summed E-state index contributed by atoms with van der Waals surface area (Å²) in [5.41, 5.74) is 0.150. The number of nitrogens with zero attached hydrogens (tertiary/aromatic N) is 2. The fourth-order valence-corrected chi connectivity index (χ4v) is 2.91. The van der Waals surface area contributed by atoms with Crippen molar-refractivity contribution in [2.45, 2.75) is 51.1 Å². The topological polar surface area (TPSA) is 72.6 Å². The van der Waals surface area contributed by atoms with Crippen molar-refractivity contribution in [2.75, 3.05) is 7.11 Å². The van der Waals surface area contributed by atoms with Gasteiger partial charge in [-0.2, -0.15) is 0 Å². The number of ether oxygens (including phenoxy) is 1. The molecule has 6 heteroatoms. The number of carbonyl (C=O) groups excluding carboxylic acids is 2. The van der Waals surface area contributed by atoms with Crippen molar-refractivity contribution in [2.24, 2.45) is 5.92 Å². The number of rotatable bonds is 5. The highest BCUT2D eigenvalue weighted by molar-refractivity contribution is 5.86. The number of carbonyl (C=O) groups is 2. The van der Waals surface area contributed by atoms with Gasteiger partial charge in [0.05, 0.1) is 13.7 Å². The monoisotopic (exact) mass is 292 g/mol. The number of esters is 1. The van der Waals surface area contributed by atoms with Gasteiger partial charge in [-0.15, -0.1) is 0 Å². The van der Waals surface area contributed by atoms with Crippen LogP contribution in [0.4, 0.5) is 0 Å². The Morgan fingerprint density at radius 1 is 1.33 bits per heavy atom. The largest absolute Gasteiger partial charge is 0.464 e. The summed E-state index contributed by atoms with van der Waals surface area (Å²) in [6.45, 7) is 0.344. The Bertz CT molecular complexity index is 530. The summed E-state index contributed by atoms with van der Waals surface area (Å²) in [7, 11) is 1.30. The minimum atomic E-state index is -0.523. The van der Waals surface area contributed by atoms with Crippen LogP contribution in [0.5, 0.6) is 0 Å². The molecule has 1 aromatic rings. The van der Waals surface area contributed by atoms with Crippen LogP contribution in [0.25, 0.3) is 0 Å². The molecule has 0 saturated heterocycles. The van der Waals surface area contributed by atoms with Crippen molar-refractivity contribution in [3.05, 3.63) is 17.8 Å². The van der Waals surface area contributed by atoms with Crippen molar-refractivity contribution in [1.29, 1.82) is 0 Å². The molecule has 3 rings (SSSR count). The van der Waals surface area contributed by atoms with E-state index in [9.17, 15) is 9.59 Å². The standard InChI is InChI=1S/C15H20N2O4/c1-20-15(19)12-9-21-13(16-12)8-17(11-6-7-11)14(18)10-4-2-3-5-10/h9-11H,2-8H2,1H3. The van der Waals surface area contributed by atoms with Gasteiger partial charge in [0.25, 0.3) is 0 Å². The number of hydrogen-bond donors (Lipinski definition) is 0. The third kappa shape index (κ3) is 3.09. The molecule has 2 saturated carbocycles. The first-order chi connectivity index (χ1) is 10.2. The molecule has 1 heterocycles. The van der Waals surface area contributed by atoms with Crippen LogP contribution in [-0.4, -0.2) is 34.9 Å². The maximum atomic E-state index is 12.6. The molecule has 1 amide bonds. The van der Waals surface area contributed by atoms with E-state index in [0.717, 1.165) is 38.5 Å². The zero-order valence-corrected chi connectivity index (χ0v) is 12.2. The lowest BCUT2D eigenvalue weighted by molar-refractivity contribution is -0.136. The zero-order valence-electron chi connectivity index (χ0n) is 12.2. The molecule has 1 aromatic heterocycles. The van der Waals surface area contributed by atoms with Crippen LogP contribution in [-0.2, 0) is 16.1 Å². The second-order valence-corrected chi connectivity index (χ2v) is 5.80. The van der Waals surface area contributed by atoms with E-state index in [4.69, 9.17) is 4.42 Å². The minimum absolute atomic E-state index is 0.150. The summed E-state index contributed by atoms with van der Waals surface area (Å²) < 4.78 is 9.90. The molecule has 2 aliphatic rings. The maximum absolute atomic E-state index is 12.6. The number of amides is 1. The molecule has 0 aromatic carbocycles. The van der Waals surface area contributed by atoms with Crippen LogP contribution >= 0.6 is 0 Å². The van der Waals surface area contributed by atoms with Crippen LogP contribution in [0, 0.1) is 5.92 Å². The van der Waals surface area contributed by atoms with Gasteiger partial charge in [0.1, 0.15) is 6.26 Å². The quantitative estimate of drug-likeness (QED) is 0.777. The molecule has 2 aliphatic carbocycles. The number of aromatic nitrogens is 1. The molecule has 6 nitrogen and oxygen atoms in total. The summed E-state index contributed by atoms with van der Waals surface area (Å²) in [5.74, 6) is 0.243. The van der Waals surface area contributed by atoms with Crippen molar-refractivity contribution >= 4 is 11.9 Å². The van der Waals surface area contributed by atoms with Gasteiger partial charge in [0.2, 0.25) is 11.8 Å². The Morgan fingerprint density at radius 2 is 2.05 bits per heavy atom. The normalized spacial score (nSPS) is 18.7. The van der Waals surface area contributed by atoms with E-state index in [2.05, 4.69) is 9.72 Å². The van der Waals surface area contributed by atoms with Gasteiger partial charge in [-0.3, -0.25) is 4.79 Å². The van der Waals surface area contributed by atoms with Crippen molar-refractivity contribution < 1.29 is 18.7 Å². The summed E-state index contributed by atoms with van der Waals surface area (Å²) in [5, 5.41) is 0. The van der Waals surface area contributed by atoms with Gasteiger partial charge in [0, 0.05) is 12.0 Å². The first-order valence-electron chi connectivity index (χ1n) is 7.52. The first-order valence-corrected chi connectivity index (χ1v) is 7.52. The predicted octanol–water partition coefficient (Wildman–Crippen LogP) is 2.14. The highest BCUT2D eigenvalue weighted by atomic mass is 16.5. The molecular formula is C15H20N2O4. The highest BCUT2D eigenvalue weighted by Gasteiger charge is 2.37. The van der Waals surface area contributed by atoms with Crippen LogP contribution in [0.2, 0.25) is 0 Å². The van der Waals surface area contributed by atoms with Gasteiger partial charge >= 0.3 is 5.97 Å². The zero-order chi connectivity index (χ0) is 14.8. The molecule has 114 valence electrons. The predicted molar refractivity (Wildman–Crippen MR) is 73.4 cm³/mol. The molecule has 0 atom stereocenters. The fourth-order valence-electron chi connectivity index (χ4n) is 2.91. The maximum Gasteiger partial charge on any atom is 0.360 e. The number of oxazole rings is 1. The van der Waals surface area contributed by atoms with Crippen LogP contribution in [0.15, 0.2) is 10.7 Å². The highest BCUT2D eigenvalue weighted by Crippen LogP contribution is 2.33. The van der Waals surface area contributed by atoms with E-state index >= 15 is 0 Å². The second-order valence-electron chi connectivity index (χ2n) is 5.80. The van der Waals surface area contributed by atoms with Gasteiger partial charge in [0.15, 0.2) is 5.69 Å². The van der Waals surface area contributed by atoms with E-state index < -0.39 is 5.97 Å². The van der Waals surface area contributed by atoms with E-state index in [1.165, 1.54) is 13.4 Å². The molecular weight excluding hydrogens is 272 g/mol. The van der Waals surface area contributed by atoms with Gasteiger partial charge in [-0.05, 0) is 25.7 Å². The summed E-state index contributed by atoms with van der Waals surface area (Å²) >= 11 is 0. The first kappa shape index (κ1) is 14.1. The van der Waals surface area contributed by atoms with Crippen molar-refractivity contribution in [3.63, 3.8) is 0 Å². The molecule has 0 N–H and O–H groups in total. The summed E-state index contributed by atoms with van der Waals surface area (Å²) in [6.07, 6.45) is 7.63. The molecule has 0 spiro atoms. The molecule has 21 heavy (non-hydrogen) atoms. The SMILES string of the molecule is COC(=O)c1coc(CN(C(=O)C2CCCC2)C2CC2)n1. The molecule has 0 aliphatic heterocycles. The Kier molecular flexibility index (Phi) is 3.94. The fraction of sp³-hybridized carbons (Fsp3) is 0.667. The Balaban J connectivity index is 1.68. The Morgan fingerprint density at radius 3 is 2.67 bits per heavy atom. The van der Waals surface area contributed by atoms with Gasteiger partial charge < -0.3 is 14.1 Å². The van der Waals surface area contributed by atoms with Gasteiger partial charge in [-0.25, -0.2) is 9.78 Å². The smallest absolute Gasteiger partial charge is 0.360 e. The molecule has 0 radical (unpaired) electrons. The van der Waals surface area contributed by atoms with Crippen LogP contribution in [0.3, 0.4) is 0 Å². The summed E-state index contributed by atoms with van der Waals surface area (Å²) in [4.78, 5) is 30.0. The molecule has 2 fully saturated rings. The lowest BCUT2D eigenvalue weighted by Crippen LogP contribution is -2.36. The second kappa shape index (κ2) is 5.87. The minimum Gasteiger partial charge on any atom is -0.464 e. The number of hydrogen-bond acceptors (Lipinski definition) is 5.